The lowest BCUT2D eigenvalue weighted by Gasteiger charge is -2.31. The Labute approximate surface area is 196 Å². The minimum atomic E-state index is -1.02. The van der Waals surface area contributed by atoms with Crippen LogP contribution in [0.1, 0.15) is 47.2 Å². The molecular formula is C28H24FN3O2. The molecule has 2 aromatic carbocycles. The summed E-state index contributed by atoms with van der Waals surface area (Å²) in [5.41, 5.74) is 7.31. The van der Waals surface area contributed by atoms with Gasteiger partial charge in [0, 0.05) is 17.8 Å². The number of fused-ring (bicyclic) bond motifs is 1. The monoisotopic (exact) mass is 453 g/mol. The van der Waals surface area contributed by atoms with E-state index in [1.807, 2.05) is 49.4 Å². The molecule has 1 fully saturated rings. The molecule has 0 aliphatic heterocycles. The van der Waals surface area contributed by atoms with Crippen LogP contribution >= 0.6 is 0 Å². The highest BCUT2D eigenvalue weighted by atomic mass is 19.1. The lowest BCUT2D eigenvalue weighted by atomic mass is 9.73. The van der Waals surface area contributed by atoms with Gasteiger partial charge in [-0.05, 0) is 77.8 Å². The Kier molecular flexibility index (Phi) is 5.80. The molecule has 0 spiro atoms. The molecule has 0 saturated heterocycles. The quantitative estimate of drug-likeness (QED) is 0.267. The highest BCUT2D eigenvalue weighted by Crippen LogP contribution is 2.45. The van der Waals surface area contributed by atoms with Crippen LogP contribution in [0.4, 0.5) is 4.39 Å². The van der Waals surface area contributed by atoms with Gasteiger partial charge >= 0.3 is 5.97 Å². The van der Waals surface area contributed by atoms with E-state index < -0.39 is 11.9 Å². The molecule has 1 saturated carbocycles. The fourth-order valence-corrected chi connectivity index (χ4v) is 4.56. The van der Waals surface area contributed by atoms with Crippen molar-refractivity contribution in [1.82, 2.24) is 15.2 Å². The Balaban J connectivity index is 1.76. The summed E-state index contributed by atoms with van der Waals surface area (Å²) >= 11 is 0. The van der Waals surface area contributed by atoms with E-state index >= 15 is 0 Å². The van der Waals surface area contributed by atoms with E-state index in [4.69, 9.17) is 5.11 Å². The van der Waals surface area contributed by atoms with E-state index in [0.717, 1.165) is 46.7 Å². The van der Waals surface area contributed by atoms with Crippen LogP contribution in [0.3, 0.4) is 0 Å². The number of aromatic nitrogens is 3. The van der Waals surface area contributed by atoms with Gasteiger partial charge in [-0.15, -0.1) is 5.10 Å². The number of benzene rings is 2. The van der Waals surface area contributed by atoms with Gasteiger partial charge in [0.25, 0.3) is 0 Å². The normalized spacial score (nSPS) is 14.9. The highest BCUT2D eigenvalue weighted by molar-refractivity contribution is 6.01. The predicted octanol–water partition coefficient (Wildman–Crippen LogP) is 6.26. The molecule has 0 amide bonds. The zero-order valence-corrected chi connectivity index (χ0v) is 18.8. The van der Waals surface area contributed by atoms with Crippen LogP contribution in [0.25, 0.3) is 28.1 Å². The summed E-state index contributed by atoms with van der Waals surface area (Å²) in [7, 11) is 0. The number of carbonyl (C=O) groups is 1. The Bertz CT molecular complexity index is 1430. The number of aryl methyl sites for hydroxylation is 1. The number of carboxylic acid groups (broad SMARTS) is 1. The van der Waals surface area contributed by atoms with Crippen LogP contribution < -0.4 is 0 Å². The average molecular weight is 454 g/mol. The molecule has 4 aromatic rings. The van der Waals surface area contributed by atoms with Crippen molar-refractivity contribution in [3.63, 3.8) is 0 Å². The molecular weight excluding hydrogens is 429 g/mol. The number of carboxylic acids is 1. The molecule has 0 unspecified atom stereocenters. The molecule has 0 bridgehead atoms. The molecule has 2 aromatic heterocycles. The zero-order chi connectivity index (χ0) is 23.7. The third-order valence-corrected chi connectivity index (χ3v) is 6.46. The summed E-state index contributed by atoms with van der Waals surface area (Å²) in [6, 6.07) is 18.0. The largest absolute Gasteiger partial charge is 0.478 e. The van der Waals surface area contributed by atoms with Gasteiger partial charge < -0.3 is 5.11 Å². The van der Waals surface area contributed by atoms with Crippen molar-refractivity contribution in [2.45, 2.75) is 26.2 Å². The van der Waals surface area contributed by atoms with Crippen molar-refractivity contribution in [2.75, 3.05) is 0 Å². The van der Waals surface area contributed by atoms with Crippen molar-refractivity contribution in [3.8, 4) is 0 Å². The third kappa shape index (κ3) is 4.15. The van der Waals surface area contributed by atoms with E-state index in [2.05, 4.69) is 27.3 Å². The molecule has 2 heterocycles. The molecule has 0 atom stereocenters. The maximum atomic E-state index is 14.4. The summed E-state index contributed by atoms with van der Waals surface area (Å²) in [5, 5.41) is 15.9. The van der Waals surface area contributed by atoms with Crippen LogP contribution in [-0.4, -0.2) is 26.3 Å². The van der Waals surface area contributed by atoms with E-state index in [-0.39, 0.29) is 0 Å². The van der Waals surface area contributed by atoms with Crippen molar-refractivity contribution in [1.29, 1.82) is 0 Å². The van der Waals surface area contributed by atoms with Crippen molar-refractivity contribution < 1.29 is 14.3 Å². The van der Waals surface area contributed by atoms with Crippen molar-refractivity contribution in [2.24, 2.45) is 5.92 Å². The van der Waals surface area contributed by atoms with Crippen LogP contribution in [-0.2, 0) is 4.79 Å². The van der Waals surface area contributed by atoms with Crippen molar-refractivity contribution in [3.05, 3.63) is 101 Å². The zero-order valence-electron chi connectivity index (χ0n) is 18.8. The Morgan fingerprint density at radius 3 is 2.56 bits per heavy atom. The van der Waals surface area contributed by atoms with Gasteiger partial charge in [0.1, 0.15) is 0 Å². The second-order valence-electron chi connectivity index (χ2n) is 8.66. The number of nitrogens with one attached hydrogen (secondary N) is 1. The average Bonchev–Trinajstić information content (AvgIpc) is 3.17. The number of nitrogens with zero attached hydrogens (tertiary/aromatic N) is 2. The fourth-order valence-electron chi connectivity index (χ4n) is 4.56. The van der Waals surface area contributed by atoms with Crippen LogP contribution in [0.2, 0.25) is 0 Å². The summed E-state index contributed by atoms with van der Waals surface area (Å²) in [6.07, 6.45) is 7.75. The number of hydrogen-bond donors (Lipinski definition) is 2. The van der Waals surface area contributed by atoms with Gasteiger partial charge in [0.05, 0.1) is 16.6 Å². The molecule has 6 heteroatoms. The molecule has 34 heavy (non-hydrogen) atoms. The van der Waals surface area contributed by atoms with Gasteiger partial charge in [-0.25, -0.2) is 4.79 Å². The summed E-state index contributed by atoms with van der Waals surface area (Å²) in [4.78, 5) is 15.5. The first kappa shape index (κ1) is 21.8. The topological polar surface area (TPSA) is 78.9 Å². The second-order valence-corrected chi connectivity index (χ2v) is 8.66. The number of hydrogen-bond acceptors (Lipinski definition) is 3. The smallest absolute Gasteiger partial charge is 0.328 e. The minimum absolute atomic E-state index is 0.397. The number of halogens is 1. The molecule has 5 nitrogen and oxygen atoms in total. The maximum absolute atomic E-state index is 14.4. The lowest BCUT2D eigenvalue weighted by molar-refractivity contribution is -0.131. The standard InChI is InChI=1S/C28H24FN3O2/c1-17-14-21(16-30-23(17)12-13-25(33)34)27(20-10-11-24-22(15-20)28(29)32-31-24)26(19-8-5-9-19)18-6-3-2-4-7-18/h2-4,6-7,10-16,19H,5,8-9H2,1H3,(H,31,32)(H,33,34). The number of H-pyrrole nitrogens is 1. The number of rotatable bonds is 6. The van der Waals surface area contributed by atoms with E-state index in [0.29, 0.717) is 22.5 Å². The highest BCUT2D eigenvalue weighted by Gasteiger charge is 2.27. The summed E-state index contributed by atoms with van der Waals surface area (Å²) < 4.78 is 14.4. The maximum Gasteiger partial charge on any atom is 0.328 e. The number of aliphatic carboxylic acids is 1. The molecule has 1 aliphatic carbocycles. The molecule has 2 N–H and O–H groups in total. The van der Waals surface area contributed by atoms with Gasteiger partial charge in [-0.1, -0.05) is 42.8 Å². The first-order chi connectivity index (χ1) is 16.5. The predicted molar refractivity (Wildman–Crippen MR) is 131 cm³/mol. The summed E-state index contributed by atoms with van der Waals surface area (Å²) in [5.74, 6) is -1.14. The van der Waals surface area contributed by atoms with Crippen LogP contribution in [0.15, 0.2) is 66.9 Å². The van der Waals surface area contributed by atoms with E-state index in [1.54, 1.807) is 6.20 Å². The fraction of sp³-hybridized carbons (Fsp3) is 0.179. The summed E-state index contributed by atoms with van der Waals surface area (Å²) in [6.45, 7) is 1.92. The van der Waals surface area contributed by atoms with Crippen molar-refractivity contribution >= 4 is 34.1 Å². The molecule has 5 rings (SSSR count). The minimum Gasteiger partial charge on any atom is -0.478 e. The number of pyridine rings is 1. The first-order valence-corrected chi connectivity index (χ1v) is 11.3. The van der Waals surface area contributed by atoms with E-state index in [9.17, 15) is 9.18 Å². The first-order valence-electron chi connectivity index (χ1n) is 11.3. The lowest BCUT2D eigenvalue weighted by Crippen LogP contribution is -2.15. The second kappa shape index (κ2) is 9.06. The van der Waals surface area contributed by atoms with Crippen LogP contribution in [0.5, 0.6) is 0 Å². The van der Waals surface area contributed by atoms with Gasteiger partial charge in [-0.3, -0.25) is 10.1 Å². The van der Waals surface area contributed by atoms with Gasteiger partial charge in [0.15, 0.2) is 0 Å². The third-order valence-electron chi connectivity index (χ3n) is 6.46. The van der Waals surface area contributed by atoms with Crippen LogP contribution in [0, 0.1) is 18.8 Å². The Morgan fingerprint density at radius 2 is 1.88 bits per heavy atom. The number of allylic oxidation sites excluding steroid dienone is 1. The molecule has 0 radical (unpaired) electrons. The SMILES string of the molecule is Cc1cc(C(=C(c2ccccc2)C2CCC2)c2ccc3[nH]nc(F)c3c2)cnc1C=CC(=O)O. The Morgan fingerprint density at radius 1 is 1.09 bits per heavy atom. The Hall–Kier alpha value is -4.06. The van der Waals surface area contributed by atoms with Gasteiger partial charge in [-0.2, -0.15) is 4.39 Å². The number of aromatic amines is 1. The molecule has 170 valence electrons. The van der Waals surface area contributed by atoms with Gasteiger partial charge in [0.2, 0.25) is 5.95 Å². The molecule has 1 aliphatic rings. The van der Waals surface area contributed by atoms with E-state index in [1.165, 1.54) is 18.1 Å².